The van der Waals surface area contributed by atoms with Gasteiger partial charge in [0.05, 0.1) is 0 Å². The maximum atomic E-state index is 5.64. The lowest BCUT2D eigenvalue weighted by Gasteiger charge is -2.13. The quantitative estimate of drug-likeness (QED) is 0.750. The van der Waals surface area contributed by atoms with Crippen LogP contribution in [-0.4, -0.2) is 22.1 Å². The number of hydrogen-bond acceptors (Lipinski definition) is 4. The molecule has 0 aromatic carbocycles. The van der Waals surface area contributed by atoms with E-state index in [9.17, 15) is 0 Å². The smallest absolute Gasteiger partial charge is 0.205 e. The number of anilines is 1. The molecule has 0 amide bonds. The van der Waals surface area contributed by atoms with Gasteiger partial charge in [0.2, 0.25) is 5.13 Å². The Morgan fingerprint density at radius 3 is 3.08 bits per heavy atom. The number of nitrogens with one attached hydrogen (secondary N) is 1. The molecule has 1 aromatic heterocycles. The third-order valence-corrected chi connectivity index (χ3v) is 2.48. The summed E-state index contributed by atoms with van der Waals surface area (Å²) in [7, 11) is 0. The standard InChI is InChI=1S/C7H12ClN3S/c1-2-6(3-4-8)10-7-11-9-5-12-7/h5-6H,2-4H2,1H3,(H,10,11). The summed E-state index contributed by atoms with van der Waals surface area (Å²) in [5.74, 6) is 0.685. The monoisotopic (exact) mass is 205 g/mol. The van der Waals surface area contributed by atoms with E-state index < -0.39 is 0 Å². The predicted molar refractivity (Wildman–Crippen MR) is 52.9 cm³/mol. The fraction of sp³-hybridized carbons (Fsp3) is 0.714. The van der Waals surface area contributed by atoms with E-state index in [0.29, 0.717) is 11.9 Å². The minimum absolute atomic E-state index is 0.426. The first kappa shape index (κ1) is 9.74. The summed E-state index contributed by atoms with van der Waals surface area (Å²) in [6.45, 7) is 2.13. The molecule has 1 N–H and O–H groups in total. The van der Waals surface area contributed by atoms with Crippen molar-refractivity contribution >= 4 is 28.1 Å². The van der Waals surface area contributed by atoms with Crippen LogP contribution in [0.5, 0.6) is 0 Å². The predicted octanol–water partition coefficient (Wildman–Crippen LogP) is 2.36. The van der Waals surface area contributed by atoms with Gasteiger partial charge in [0.1, 0.15) is 5.51 Å². The molecule has 0 spiro atoms. The van der Waals surface area contributed by atoms with Crippen molar-refractivity contribution in [3.05, 3.63) is 5.51 Å². The summed E-state index contributed by atoms with van der Waals surface area (Å²) in [6.07, 6.45) is 2.03. The van der Waals surface area contributed by atoms with Crippen LogP contribution in [0.4, 0.5) is 5.13 Å². The van der Waals surface area contributed by atoms with Crippen molar-refractivity contribution in [1.82, 2.24) is 10.2 Å². The normalized spacial score (nSPS) is 12.8. The third kappa shape index (κ3) is 2.95. The van der Waals surface area contributed by atoms with Crippen molar-refractivity contribution in [3.8, 4) is 0 Å². The van der Waals surface area contributed by atoms with E-state index >= 15 is 0 Å². The molecular formula is C7H12ClN3S. The Labute approximate surface area is 81.2 Å². The third-order valence-electron chi connectivity index (χ3n) is 1.64. The summed E-state index contributed by atoms with van der Waals surface area (Å²) in [5, 5.41) is 11.8. The highest BCUT2D eigenvalue weighted by atomic mass is 35.5. The van der Waals surface area contributed by atoms with E-state index in [-0.39, 0.29) is 0 Å². The molecule has 5 heteroatoms. The molecule has 68 valence electrons. The van der Waals surface area contributed by atoms with Gasteiger partial charge in [-0.2, -0.15) is 0 Å². The number of aromatic nitrogens is 2. The molecule has 1 aromatic rings. The van der Waals surface area contributed by atoms with E-state index in [1.165, 1.54) is 11.3 Å². The van der Waals surface area contributed by atoms with Crippen molar-refractivity contribution in [2.75, 3.05) is 11.2 Å². The molecule has 0 saturated carbocycles. The highest BCUT2D eigenvalue weighted by molar-refractivity contribution is 7.13. The molecule has 3 nitrogen and oxygen atoms in total. The Morgan fingerprint density at radius 1 is 1.75 bits per heavy atom. The topological polar surface area (TPSA) is 37.8 Å². The molecule has 0 aliphatic carbocycles. The minimum Gasteiger partial charge on any atom is -0.357 e. The van der Waals surface area contributed by atoms with Crippen LogP contribution in [0.2, 0.25) is 0 Å². The van der Waals surface area contributed by atoms with Crippen molar-refractivity contribution in [3.63, 3.8) is 0 Å². The zero-order valence-electron chi connectivity index (χ0n) is 6.96. The van der Waals surface area contributed by atoms with E-state index in [1.54, 1.807) is 5.51 Å². The summed E-state index contributed by atoms with van der Waals surface area (Å²) in [5.41, 5.74) is 1.72. The molecule has 1 rings (SSSR count). The maximum Gasteiger partial charge on any atom is 0.205 e. The number of alkyl halides is 1. The molecule has 1 heterocycles. The highest BCUT2D eigenvalue weighted by Crippen LogP contribution is 2.12. The zero-order chi connectivity index (χ0) is 8.81. The molecule has 0 fully saturated rings. The first-order chi connectivity index (χ1) is 5.86. The van der Waals surface area contributed by atoms with Crippen LogP contribution in [0.1, 0.15) is 19.8 Å². The Balaban J connectivity index is 2.37. The van der Waals surface area contributed by atoms with Gasteiger partial charge in [-0.25, -0.2) is 0 Å². The molecular weight excluding hydrogens is 194 g/mol. The first-order valence-electron chi connectivity index (χ1n) is 3.95. The SMILES string of the molecule is CCC(CCCl)Nc1nncs1. The largest absolute Gasteiger partial charge is 0.357 e. The summed E-state index contributed by atoms with van der Waals surface area (Å²) in [4.78, 5) is 0. The molecule has 0 aliphatic rings. The Hall–Kier alpha value is -0.350. The van der Waals surface area contributed by atoms with Crippen molar-refractivity contribution in [1.29, 1.82) is 0 Å². The molecule has 1 atom stereocenters. The Kier molecular flexibility index (Phi) is 4.32. The van der Waals surface area contributed by atoms with Crippen LogP contribution < -0.4 is 5.32 Å². The second-order valence-electron chi connectivity index (χ2n) is 2.47. The molecule has 12 heavy (non-hydrogen) atoms. The van der Waals surface area contributed by atoms with Crippen LogP contribution in [0.25, 0.3) is 0 Å². The number of rotatable bonds is 5. The lowest BCUT2D eigenvalue weighted by atomic mass is 10.2. The van der Waals surface area contributed by atoms with Gasteiger partial charge < -0.3 is 5.32 Å². The van der Waals surface area contributed by atoms with E-state index in [1.807, 2.05) is 0 Å². The van der Waals surface area contributed by atoms with Crippen LogP contribution in [0, 0.1) is 0 Å². The van der Waals surface area contributed by atoms with Gasteiger partial charge in [0.25, 0.3) is 0 Å². The summed E-state index contributed by atoms with van der Waals surface area (Å²) >= 11 is 7.16. The number of hydrogen-bond donors (Lipinski definition) is 1. The highest BCUT2D eigenvalue weighted by Gasteiger charge is 2.06. The maximum absolute atomic E-state index is 5.64. The second-order valence-corrected chi connectivity index (χ2v) is 3.68. The van der Waals surface area contributed by atoms with Crippen molar-refractivity contribution < 1.29 is 0 Å². The fourth-order valence-electron chi connectivity index (χ4n) is 0.921. The summed E-state index contributed by atoms with van der Waals surface area (Å²) in [6, 6.07) is 0.426. The van der Waals surface area contributed by atoms with Crippen LogP contribution >= 0.6 is 22.9 Å². The van der Waals surface area contributed by atoms with Gasteiger partial charge in [-0.3, -0.25) is 0 Å². The lowest BCUT2D eigenvalue weighted by molar-refractivity contribution is 0.673. The lowest BCUT2D eigenvalue weighted by Crippen LogP contribution is -2.18. The van der Waals surface area contributed by atoms with Crippen LogP contribution in [-0.2, 0) is 0 Å². The van der Waals surface area contributed by atoms with Gasteiger partial charge in [0, 0.05) is 11.9 Å². The van der Waals surface area contributed by atoms with Crippen LogP contribution in [0.15, 0.2) is 5.51 Å². The number of halogens is 1. The average Bonchev–Trinajstić information content (AvgIpc) is 2.56. The first-order valence-corrected chi connectivity index (χ1v) is 5.37. The zero-order valence-corrected chi connectivity index (χ0v) is 8.53. The Bertz CT molecular complexity index is 202. The minimum atomic E-state index is 0.426. The Morgan fingerprint density at radius 2 is 2.58 bits per heavy atom. The number of nitrogens with zero attached hydrogens (tertiary/aromatic N) is 2. The van der Waals surface area contributed by atoms with Crippen molar-refractivity contribution in [2.24, 2.45) is 0 Å². The summed E-state index contributed by atoms with van der Waals surface area (Å²) < 4.78 is 0. The van der Waals surface area contributed by atoms with Gasteiger partial charge in [-0.05, 0) is 12.8 Å². The van der Waals surface area contributed by atoms with E-state index in [0.717, 1.165) is 18.0 Å². The molecule has 0 saturated heterocycles. The second kappa shape index (κ2) is 5.32. The van der Waals surface area contributed by atoms with Crippen molar-refractivity contribution in [2.45, 2.75) is 25.8 Å². The van der Waals surface area contributed by atoms with Gasteiger partial charge in [0.15, 0.2) is 0 Å². The fourth-order valence-corrected chi connectivity index (χ4v) is 1.71. The van der Waals surface area contributed by atoms with Gasteiger partial charge in [-0.15, -0.1) is 21.8 Å². The molecule has 0 radical (unpaired) electrons. The molecule has 1 unspecified atom stereocenters. The molecule has 0 aliphatic heterocycles. The van der Waals surface area contributed by atoms with Gasteiger partial charge >= 0.3 is 0 Å². The van der Waals surface area contributed by atoms with E-state index in [2.05, 4.69) is 22.4 Å². The molecule has 0 bridgehead atoms. The van der Waals surface area contributed by atoms with E-state index in [4.69, 9.17) is 11.6 Å². The van der Waals surface area contributed by atoms with Crippen LogP contribution in [0.3, 0.4) is 0 Å². The average molecular weight is 206 g/mol. The van der Waals surface area contributed by atoms with Gasteiger partial charge in [-0.1, -0.05) is 18.3 Å².